The molecule has 168 valence electrons. The van der Waals surface area contributed by atoms with E-state index < -0.39 is 10.0 Å². The van der Waals surface area contributed by atoms with Crippen molar-refractivity contribution in [2.24, 2.45) is 0 Å². The Morgan fingerprint density at radius 1 is 1.10 bits per heavy atom. The molecule has 1 N–H and O–H groups in total. The second-order valence-electron chi connectivity index (χ2n) is 7.17. The van der Waals surface area contributed by atoms with E-state index in [1.54, 1.807) is 19.2 Å². The molecule has 2 aromatic carbocycles. The SMILES string of the molecule is COc1ccc(OCCCC(=O)Nc2cc(S(=O)(=O)N3CCOCC3)ccc2C)cc1. The van der Waals surface area contributed by atoms with Crippen molar-refractivity contribution in [3.05, 3.63) is 48.0 Å². The predicted molar refractivity (Wildman–Crippen MR) is 117 cm³/mol. The molecule has 0 spiro atoms. The molecule has 0 atom stereocenters. The molecule has 0 aliphatic carbocycles. The molecule has 0 saturated carbocycles. The van der Waals surface area contributed by atoms with E-state index in [-0.39, 0.29) is 17.2 Å². The van der Waals surface area contributed by atoms with E-state index in [0.717, 1.165) is 11.3 Å². The van der Waals surface area contributed by atoms with Gasteiger partial charge in [0.25, 0.3) is 0 Å². The molecular formula is C22H28N2O6S. The van der Waals surface area contributed by atoms with Crippen molar-refractivity contribution >= 4 is 21.6 Å². The Morgan fingerprint density at radius 3 is 2.45 bits per heavy atom. The van der Waals surface area contributed by atoms with E-state index in [2.05, 4.69) is 5.32 Å². The zero-order valence-electron chi connectivity index (χ0n) is 17.8. The first kappa shape index (κ1) is 23.1. The van der Waals surface area contributed by atoms with Gasteiger partial charge in [0.15, 0.2) is 0 Å². The summed E-state index contributed by atoms with van der Waals surface area (Å²) >= 11 is 0. The normalized spacial score (nSPS) is 14.8. The van der Waals surface area contributed by atoms with Crippen molar-refractivity contribution < 1.29 is 27.4 Å². The second kappa shape index (κ2) is 10.6. The molecule has 0 aromatic heterocycles. The highest BCUT2D eigenvalue weighted by Gasteiger charge is 2.26. The van der Waals surface area contributed by atoms with Gasteiger partial charge in [0, 0.05) is 25.2 Å². The third-order valence-corrected chi connectivity index (χ3v) is 6.86. The number of amides is 1. The molecular weight excluding hydrogens is 420 g/mol. The third-order valence-electron chi connectivity index (χ3n) is 4.97. The highest BCUT2D eigenvalue weighted by Crippen LogP contribution is 2.24. The van der Waals surface area contributed by atoms with Gasteiger partial charge < -0.3 is 19.5 Å². The zero-order valence-corrected chi connectivity index (χ0v) is 18.6. The van der Waals surface area contributed by atoms with Crippen LogP contribution in [0.3, 0.4) is 0 Å². The molecule has 2 aromatic rings. The first-order valence-electron chi connectivity index (χ1n) is 10.2. The Kier molecular flexibility index (Phi) is 7.89. The van der Waals surface area contributed by atoms with Crippen LogP contribution in [0.5, 0.6) is 11.5 Å². The number of morpholine rings is 1. The first-order chi connectivity index (χ1) is 14.9. The summed E-state index contributed by atoms with van der Waals surface area (Å²) in [5.74, 6) is 1.26. The van der Waals surface area contributed by atoms with Gasteiger partial charge in [0.05, 0.1) is 31.8 Å². The summed E-state index contributed by atoms with van der Waals surface area (Å²) < 4.78 is 43.1. The van der Waals surface area contributed by atoms with Crippen LogP contribution >= 0.6 is 0 Å². The van der Waals surface area contributed by atoms with E-state index in [1.807, 2.05) is 31.2 Å². The van der Waals surface area contributed by atoms with Crippen LogP contribution in [0.15, 0.2) is 47.4 Å². The van der Waals surface area contributed by atoms with Gasteiger partial charge in [-0.1, -0.05) is 6.07 Å². The molecule has 1 heterocycles. The van der Waals surface area contributed by atoms with E-state index in [9.17, 15) is 13.2 Å². The van der Waals surface area contributed by atoms with Gasteiger partial charge >= 0.3 is 0 Å². The molecule has 3 rings (SSSR count). The summed E-state index contributed by atoms with van der Waals surface area (Å²) in [4.78, 5) is 12.5. The maximum absolute atomic E-state index is 12.9. The van der Waals surface area contributed by atoms with Crippen molar-refractivity contribution in [2.45, 2.75) is 24.7 Å². The minimum Gasteiger partial charge on any atom is -0.497 e. The monoisotopic (exact) mass is 448 g/mol. The summed E-state index contributed by atoms with van der Waals surface area (Å²) in [5, 5.41) is 2.82. The van der Waals surface area contributed by atoms with Crippen molar-refractivity contribution in [1.29, 1.82) is 0 Å². The molecule has 31 heavy (non-hydrogen) atoms. The first-order valence-corrected chi connectivity index (χ1v) is 11.6. The zero-order chi connectivity index (χ0) is 22.3. The van der Waals surface area contributed by atoms with Crippen molar-refractivity contribution in [2.75, 3.05) is 45.3 Å². The van der Waals surface area contributed by atoms with Crippen LogP contribution in [0, 0.1) is 6.92 Å². The van der Waals surface area contributed by atoms with Gasteiger partial charge in [-0.3, -0.25) is 4.79 Å². The Bertz CT molecular complexity index is 986. The van der Waals surface area contributed by atoms with Crippen molar-refractivity contribution in [3.63, 3.8) is 0 Å². The fourth-order valence-electron chi connectivity index (χ4n) is 3.14. The number of ether oxygens (including phenoxy) is 3. The van der Waals surface area contributed by atoms with Gasteiger partial charge in [0.1, 0.15) is 11.5 Å². The second-order valence-corrected chi connectivity index (χ2v) is 9.11. The number of nitrogens with zero attached hydrogens (tertiary/aromatic N) is 1. The Morgan fingerprint density at radius 2 is 1.77 bits per heavy atom. The van der Waals surface area contributed by atoms with Crippen molar-refractivity contribution in [3.8, 4) is 11.5 Å². The van der Waals surface area contributed by atoms with Crippen LogP contribution in [-0.4, -0.2) is 58.7 Å². The standard InChI is InChI=1S/C22H28N2O6S/c1-17-5-10-20(31(26,27)24-11-14-29-15-12-24)16-21(17)23-22(25)4-3-13-30-19-8-6-18(28-2)7-9-19/h5-10,16H,3-4,11-15H2,1-2H3,(H,23,25). The predicted octanol–water partition coefficient (Wildman–Crippen LogP) is 2.82. The average Bonchev–Trinajstić information content (AvgIpc) is 2.79. The minimum absolute atomic E-state index is 0.165. The number of nitrogens with one attached hydrogen (secondary N) is 1. The number of hydrogen-bond acceptors (Lipinski definition) is 6. The molecule has 1 amide bonds. The van der Waals surface area contributed by atoms with Crippen LogP contribution in [0.1, 0.15) is 18.4 Å². The summed E-state index contributed by atoms with van der Waals surface area (Å²) in [7, 11) is -2.02. The summed E-state index contributed by atoms with van der Waals surface area (Å²) in [6, 6.07) is 12.0. The van der Waals surface area contributed by atoms with Crippen LogP contribution in [0.4, 0.5) is 5.69 Å². The smallest absolute Gasteiger partial charge is 0.243 e. The Labute approximate surface area is 183 Å². The molecule has 1 fully saturated rings. The molecule has 1 aliphatic rings. The molecule has 1 saturated heterocycles. The quantitative estimate of drug-likeness (QED) is 0.593. The lowest BCUT2D eigenvalue weighted by Gasteiger charge is -2.26. The lowest BCUT2D eigenvalue weighted by Crippen LogP contribution is -2.40. The third kappa shape index (κ3) is 6.19. The van der Waals surface area contributed by atoms with E-state index in [0.29, 0.717) is 50.8 Å². The lowest BCUT2D eigenvalue weighted by atomic mass is 10.2. The lowest BCUT2D eigenvalue weighted by molar-refractivity contribution is -0.116. The molecule has 0 radical (unpaired) electrons. The molecule has 0 bridgehead atoms. The number of hydrogen-bond donors (Lipinski definition) is 1. The summed E-state index contributed by atoms with van der Waals surface area (Å²) in [6.45, 7) is 3.64. The van der Waals surface area contributed by atoms with Gasteiger partial charge in [-0.15, -0.1) is 0 Å². The van der Waals surface area contributed by atoms with E-state index in [4.69, 9.17) is 14.2 Å². The fraction of sp³-hybridized carbons (Fsp3) is 0.409. The van der Waals surface area contributed by atoms with Crippen LogP contribution in [0.2, 0.25) is 0 Å². The van der Waals surface area contributed by atoms with Gasteiger partial charge in [-0.2, -0.15) is 4.31 Å². The maximum atomic E-state index is 12.9. The molecule has 9 heteroatoms. The Hall–Kier alpha value is -2.62. The number of carbonyl (C=O) groups excluding carboxylic acids is 1. The molecule has 0 unspecified atom stereocenters. The number of benzene rings is 2. The topological polar surface area (TPSA) is 94.2 Å². The van der Waals surface area contributed by atoms with E-state index >= 15 is 0 Å². The fourth-order valence-corrected chi connectivity index (χ4v) is 4.57. The molecule has 8 nitrogen and oxygen atoms in total. The number of methoxy groups -OCH3 is 1. The van der Waals surface area contributed by atoms with Gasteiger partial charge in [-0.05, 0) is 55.3 Å². The summed E-state index contributed by atoms with van der Waals surface area (Å²) in [5.41, 5.74) is 1.29. The number of rotatable bonds is 9. The Balaban J connectivity index is 1.53. The van der Waals surface area contributed by atoms with Crippen molar-refractivity contribution in [1.82, 2.24) is 4.31 Å². The average molecular weight is 449 g/mol. The molecule has 1 aliphatic heterocycles. The number of carbonyl (C=O) groups is 1. The number of anilines is 1. The largest absolute Gasteiger partial charge is 0.497 e. The highest BCUT2D eigenvalue weighted by molar-refractivity contribution is 7.89. The minimum atomic E-state index is -3.62. The number of sulfonamides is 1. The van der Waals surface area contributed by atoms with E-state index in [1.165, 1.54) is 10.4 Å². The van der Waals surface area contributed by atoms with Gasteiger partial charge in [-0.25, -0.2) is 8.42 Å². The maximum Gasteiger partial charge on any atom is 0.243 e. The summed E-state index contributed by atoms with van der Waals surface area (Å²) in [6.07, 6.45) is 0.790. The van der Waals surface area contributed by atoms with Crippen LogP contribution in [0.25, 0.3) is 0 Å². The van der Waals surface area contributed by atoms with Crippen LogP contribution in [-0.2, 0) is 19.6 Å². The van der Waals surface area contributed by atoms with Crippen LogP contribution < -0.4 is 14.8 Å². The van der Waals surface area contributed by atoms with Gasteiger partial charge in [0.2, 0.25) is 15.9 Å². The number of aryl methyl sites for hydroxylation is 1. The highest BCUT2D eigenvalue weighted by atomic mass is 32.2.